The molecule has 0 aliphatic rings. The molecule has 2 aromatic rings. The van der Waals surface area contributed by atoms with Gasteiger partial charge in [-0.25, -0.2) is 4.39 Å². The molecule has 0 unspecified atom stereocenters. The van der Waals surface area contributed by atoms with Crippen LogP contribution in [-0.2, 0) is 13.2 Å². The van der Waals surface area contributed by atoms with Gasteiger partial charge < -0.3 is 10.1 Å². The molecule has 0 aliphatic carbocycles. The molecule has 0 atom stereocenters. The van der Waals surface area contributed by atoms with Crippen molar-refractivity contribution in [2.24, 2.45) is 0 Å². The third-order valence-electron chi connectivity index (χ3n) is 2.98. The van der Waals surface area contributed by atoms with Crippen LogP contribution in [-0.4, -0.2) is 6.54 Å². The minimum Gasteiger partial charge on any atom is -0.489 e. The van der Waals surface area contributed by atoms with Gasteiger partial charge in [-0.15, -0.1) is 0 Å². The van der Waals surface area contributed by atoms with Gasteiger partial charge in [0.1, 0.15) is 18.2 Å². The summed E-state index contributed by atoms with van der Waals surface area (Å²) >= 11 is 12.0. The van der Waals surface area contributed by atoms with Crippen LogP contribution in [0, 0.1) is 5.82 Å². The van der Waals surface area contributed by atoms with Gasteiger partial charge in [0.25, 0.3) is 0 Å². The molecular formula is C16H16Cl2FNO. The van der Waals surface area contributed by atoms with Gasteiger partial charge in [-0.3, -0.25) is 0 Å². The Morgan fingerprint density at radius 1 is 1.10 bits per heavy atom. The number of rotatable bonds is 6. The van der Waals surface area contributed by atoms with Crippen LogP contribution in [0.4, 0.5) is 4.39 Å². The van der Waals surface area contributed by atoms with Crippen molar-refractivity contribution in [3.8, 4) is 5.75 Å². The first-order chi connectivity index (χ1) is 10.1. The Morgan fingerprint density at radius 3 is 2.67 bits per heavy atom. The zero-order chi connectivity index (χ0) is 15.2. The number of ether oxygens (including phenoxy) is 1. The van der Waals surface area contributed by atoms with E-state index in [1.165, 1.54) is 12.1 Å². The summed E-state index contributed by atoms with van der Waals surface area (Å²) in [6, 6.07) is 9.69. The number of nitrogens with one attached hydrogen (secondary N) is 1. The lowest BCUT2D eigenvalue weighted by Gasteiger charge is -2.13. The second kappa shape index (κ2) is 7.64. The molecule has 21 heavy (non-hydrogen) atoms. The van der Waals surface area contributed by atoms with E-state index >= 15 is 0 Å². The van der Waals surface area contributed by atoms with E-state index in [1.807, 2.05) is 6.92 Å². The van der Waals surface area contributed by atoms with E-state index in [4.69, 9.17) is 27.9 Å². The highest BCUT2D eigenvalue weighted by atomic mass is 35.5. The minimum absolute atomic E-state index is 0.281. The van der Waals surface area contributed by atoms with E-state index in [0.717, 1.165) is 17.7 Å². The summed E-state index contributed by atoms with van der Waals surface area (Å²) in [5, 5.41) is 4.35. The molecule has 1 N–H and O–H groups in total. The van der Waals surface area contributed by atoms with Crippen LogP contribution in [0.2, 0.25) is 10.0 Å². The number of halogens is 3. The summed E-state index contributed by atoms with van der Waals surface area (Å²) < 4.78 is 19.1. The van der Waals surface area contributed by atoms with Crippen LogP contribution in [0.5, 0.6) is 5.75 Å². The average Bonchev–Trinajstić information content (AvgIpc) is 2.47. The molecule has 0 bridgehead atoms. The summed E-state index contributed by atoms with van der Waals surface area (Å²) in [5.41, 5.74) is 1.57. The quantitative estimate of drug-likeness (QED) is 0.821. The van der Waals surface area contributed by atoms with Crippen LogP contribution >= 0.6 is 23.2 Å². The zero-order valence-electron chi connectivity index (χ0n) is 11.6. The smallest absolute Gasteiger partial charge is 0.124 e. The normalized spacial score (nSPS) is 10.7. The Balaban J connectivity index is 2.13. The van der Waals surface area contributed by atoms with Crippen LogP contribution in [0.25, 0.3) is 0 Å². The molecule has 2 nitrogen and oxygen atoms in total. The Kier molecular flexibility index (Phi) is 5.85. The highest BCUT2D eigenvalue weighted by Gasteiger charge is 2.07. The van der Waals surface area contributed by atoms with E-state index < -0.39 is 0 Å². The molecule has 0 fully saturated rings. The van der Waals surface area contributed by atoms with Gasteiger partial charge in [-0.05, 0) is 42.9 Å². The Bertz CT molecular complexity index is 619. The van der Waals surface area contributed by atoms with Crippen molar-refractivity contribution in [3.05, 3.63) is 63.4 Å². The molecule has 5 heteroatoms. The van der Waals surface area contributed by atoms with Crippen LogP contribution < -0.4 is 10.1 Å². The lowest BCUT2D eigenvalue weighted by atomic mass is 10.2. The van der Waals surface area contributed by atoms with Crippen LogP contribution in [0.15, 0.2) is 36.4 Å². The standard InChI is InChI=1S/C16H16Cl2FNO/c1-2-20-9-11-8-14(19)4-6-16(11)21-10-12-7-13(17)3-5-15(12)18/h3-8,20H,2,9-10H2,1H3. The average molecular weight is 328 g/mol. The van der Waals surface area contributed by atoms with Crippen LogP contribution in [0.1, 0.15) is 18.1 Å². The van der Waals surface area contributed by atoms with Gasteiger partial charge in [0.15, 0.2) is 0 Å². The predicted molar refractivity (Wildman–Crippen MR) is 84.6 cm³/mol. The molecule has 0 heterocycles. The molecule has 0 aliphatic heterocycles. The van der Waals surface area contributed by atoms with Gasteiger partial charge in [0.05, 0.1) is 0 Å². The third-order valence-corrected chi connectivity index (χ3v) is 3.58. The molecule has 2 rings (SSSR count). The van der Waals surface area contributed by atoms with Gasteiger partial charge in [0, 0.05) is 27.7 Å². The Hall–Kier alpha value is -1.29. The van der Waals surface area contributed by atoms with Crippen molar-refractivity contribution >= 4 is 23.2 Å². The maximum atomic E-state index is 13.3. The fourth-order valence-electron chi connectivity index (χ4n) is 1.90. The molecule has 2 aromatic carbocycles. The van der Waals surface area contributed by atoms with Gasteiger partial charge in [-0.1, -0.05) is 30.1 Å². The van der Waals surface area contributed by atoms with Gasteiger partial charge >= 0.3 is 0 Å². The summed E-state index contributed by atoms with van der Waals surface area (Å²) in [6.45, 7) is 3.62. The molecule has 0 saturated heterocycles. The lowest BCUT2D eigenvalue weighted by Crippen LogP contribution is -2.13. The summed E-state index contributed by atoms with van der Waals surface area (Å²) in [7, 11) is 0. The maximum absolute atomic E-state index is 13.3. The molecule has 0 amide bonds. The maximum Gasteiger partial charge on any atom is 0.124 e. The molecule has 112 valence electrons. The highest BCUT2D eigenvalue weighted by molar-refractivity contribution is 6.33. The fourth-order valence-corrected chi connectivity index (χ4v) is 2.26. The van der Waals surface area contributed by atoms with Gasteiger partial charge in [-0.2, -0.15) is 0 Å². The van der Waals surface area contributed by atoms with Crippen LogP contribution in [0.3, 0.4) is 0 Å². The second-order valence-electron chi connectivity index (χ2n) is 4.56. The lowest BCUT2D eigenvalue weighted by molar-refractivity contribution is 0.301. The summed E-state index contributed by atoms with van der Waals surface area (Å²) in [4.78, 5) is 0. The first-order valence-corrected chi connectivity index (χ1v) is 7.41. The zero-order valence-corrected chi connectivity index (χ0v) is 13.1. The first-order valence-electron chi connectivity index (χ1n) is 6.66. The fraction of sp³-hybridized carbons (Fsp3) is 0.250. The molecule has 0 aromatic heterocycles. The number of hydrogen-bond donors (Lipinski definition) is 1. The van der Waals surface area contributed by atoms with Crippen molar-refractivity contribution < 1.29 is 9.13 Å². The van der Waals surface area contributed by atoms with E-state index in [1.54, 1.807) is 24.3 Å². The van der Waals surface area contributed by atoms with Crippen molar-refractivity contribution in [3.63, 3.8) is 0 Å². The highest BCUT2D eigenvalue weighted by Crippen LogP contribution is 2.25. The largest absolute Gasteiger partial charge is 0.489 e. The molecule has 0 spiro atoms. The van der Waals surface area contributed by atoms with E-state index in [-0.39, 0.29) is 12.4 Å². The van der Waals surface area contributed by atoms with Crippen molar-refractivity contribution in [1.29, 1.82) is 0 Å². The number of hydrogen-bond acceptors (Lipinski definition) is 2. The predicted octanol–water partition coefficient (Wildman–Crippen LogP) is 4.82. The van der Waals surface area contributed by atoms with E-state index in [9.17, 15) is 4.39 Å². The Morgan fingerprint density at radius 2 is 1.90 bits per heavy atom. The Labute approximate surface area is 133 Å². The summed E-state index contributed by atoms with van der Waals surface area (Å²) in [5.74, 6) is 0.351. The minimum atomic E-state index is -0.281. The summed E-state index contributed by atoms with van der Waals surface area (Å²) in [6.07, 6.45) is 0. The SMILES string of the molecule is CCNCc1cc(F)ccc1OCc1cc(Cl)ccc1Cl. The first kappa shape index (κ1) is 16.1. The van der Waals surface area contributed by atoms with E-state index in [2.05, 4.69) is 5.32 Å². The van der Waals surface area contributed by atoms with Crippen molar-refractivity contribution in [1.82, 2.24) is 5.32 Å². The van der Waals surface area contributed by atoms with Gasteiger partial charge in [0.2, 0.25) is 0 Å². The topological polar surface area (TPSA) is 21.3 Å². The third kappa shape index (κ3) is 4.60. The van der Waals surface area contributed by atoms with Crippen molar-refractivity contribution in [2.75, 3.05) is 6.54 Å². The second-order valence-corrected chi connectivity index (χ2v) is 5.40. The molecule has 0 radical (unpaired) electrons. The number of benzene rings is 2. The molecule has 0 saturated carbocycles. The molecular weight excluding hydrogens is 312 g/mol. The monoisotopic (exact) mass is 327 g/mol. The van der Waals surface area contributed by atoms with E-state index in [0.29, 0.717) is 22.3 Å². The van der Waals surface area contributed by atoms with Crippen molar-refractivity contribution in [2.45, 2.75) is 20.1 Å².